The van der Waals surface area contributed by atoms with Crippen molar-refractivity contribution in [3.8, 4) is 5.75 Å². The van der Waals surface area contributed by atoms with Gasteiger partial charge in [0.2, 0.25) is 0 Å². The molecule has 2 nitrogen and oxygen atoms in total. The van der Waals surface area contributed by atoms with Crippen molar-refractivity contribution in [3.05, 3.63) is 65.7 Å². The monoisotopic (exact) mass is 283 g/mol. The molecule has 0 N–H and O–H groups in total. The van der Waals surface area contributed by atoms with E-state index < -0.39 is 0 Å². The van der Waals surface area contributed by atoms with Gasteiger partial charge >= 0.3 is 0 Å². The number of nitrogens with zero attached hydrogens (tertiary/aromatic N) is 1. The second kappa shape index (κ2) is 7.84. The molecule has 0 aliphatic carbocycles. The van der Waals surface area contributed by atoms with Crippen molar-refractivity contribution in [1.82, 2.24) is 4.90 Å². The summed E-state index contributed by atoms with van der Waals surface area (Å²) < 4.78 is 6.32. The molecular weight excluding hydrogens is 258 g/mol. The Morgan fingerprint density at radius 3 is 2.14 bits per heavy atom. The number of likely N-dealkylation sites (N-methyl/N-ethyl adjacent to an activating group) is 1. The van der Waals surface area contributed by atoms with E-state index in [2.05, 4.69) is 56.0 Å². The van der Waals surface area contributed by atoms with Crippen molar-refractivity contribution in [2.45, 2.75) is 26.9 Å². The second-order valence-corrected chi connectivity index (χ2v) is 5.27. The predicted molar refractivity (Wildman–Crippen MR) is 88.8 cm³/mol. The van der Waals surface area contributed by atoms with E-state index in [1.54, 1.807) is 0 Å². The van der Waals surface area contributed by atoms with Crippen LogP contribution in [0.25, 0.3) is 0 Å². The van der Waals surface area contributed by atoms with Gasteiger partial charge in [0.1, 0.15) is 11.9 Å². The van der Waals surface area contributed by atoms with Crippen LogP contribution in [-0.4, -0.2) is 24.5 Å². The summed E-state index contributed by atoms with van der Waals surface area (Å²) in [4.78, 5) is 2.40. The molecule has 1 atom stereocenters. The van der Waals surface area contributed by atoms with E-state index in [1.807, 2.05) is 24.3 Å². The highest BCUT2D eigenvalue weighted by Crippen LogP contribution is 2.25. The molecule has 21 heavy (non-hydrogen) atoms. The summed E-state index contributed by atoms with van der Waals surface area (Å²) in [6.45, 7) is 9.46. The minimum Gasteiger partial charge on any atom is -0.484 e. The molecule has 2 aromatic carbocycles. The van der Waals surface area contributed by atoms with Crippen molar-refractivity contribution >= 4 is 0 Å². The van der Waals surface area contributed by atoms with Gasteiger partial charge in [-0.15, -0.1) is 0 Å². The zero-order valence-electron chi connectivity index (χ0n) is 13.3. The molecular formula is C19H25NO. The largest absolute Gasteiger partial charge is 0.484 e. The maximum atomic E-state index is 6.32. The highest BCUT2D eigenvalue weighted by Gasteiger charge is 2.17. The second-order valence-electron chi connectivity index (χ2n) is 5.27. The van der Waals surface area contributed by atoms with E-state index >= 15 is 0 Å². The number of ether oxygens (including phenoxy) is 1. The normalized spacial score (nSPS) is 12.4. The van der Waals surface area contributed by atoms with E-state index in [9.17, 15) is 0 Å². The zero-order chi connectivity index (χ0) is 15.1. The lowest BCUT2D eigenvalue weighted by atomic mass is 10.1. The summed E-state index contributed by atoms with van der Waals surface area (Å²) in [6, 6.07) is 18.7. The molecule has 2 heteroatoms. The third-order valence-corrected chi connectivity index (χ3v) is 3.85. The van der Waals surface area contributed by atoms with Gasteiger partial charge in [0.15, 0.2) is 0 Å². The van der Waals surface area contributed by atoms with Crippen LogP contribution in [0.4, 0.5) is 0 Å². The van der Waals surface area contributed by atoms with Crippen molar-refractivity contribution in [3.63, 3.8) is 0 Å². The van der Waals surface area contributed by atoms with E-state index in [0.717, 1.165) is 25.4 Å². The van der Waals surface area contributed by atoms with Crippen molar-refractivity contribution < 1.29 is 4.74 Å². The minimum atomic E-state index is 0.0622. The standard InChI is InChI=1S/C19H25NO/c1-4-20(5-2)15-19(17-12-7-6-8-13-17)21-18-14-10-9-11-16(18)3/h6-14,19H,4-5,15H2,1-3H3/t19-/m0/s1. The summed E-state index contributed by atoms with van der Waals surface area (Å²) >= 11 is 0. The molecule has 0 aliphatic heterocycles. The fourth-order valence-electron chi connectivity index (χ4n) is 2.44. The van der Waals surface area contributed by atoms with Crippen molar-refractivity contribution in [1.29, 1.82) is 0 Å². The predicted octanol–water partition coefficient (Wildman–Crippen LogP) is 4.46. The van der Waals surface area contributed by atoms with Crippen LogP contribution in [0.5, 0.6) is 5.75 Å². The minimum absolute atomic E-state index is 0.0622. The smallest absolute Gasteiger partial charge is 0.136 e. The van der Waals surface area contributed by atoms with Gasteiger partial charge in [0.25, 0.3) is 0 Å². The molecule has 0 aromatic heterocycles. The molecule has 0 radical (unpaired) electrons. The molecule has 2 rings (SSSR count). The number of rotatable bonds is 7. The topological polar surface area (TPSA) is 12.5 Å². The van der Waals surface area contributed by atoms with E-state index in [1.165, 1.54) is 11.1 Å². The molecule has 0 saturated heterocycles. The quantitative estimate of drug-likeness (QED) is 0.744. The fraction of sp³-hybridized carbons (Fsp3) is 0.368. The molecule has 0 amide bonds. The van der Waals surface area contributed by atoms with Gasteiger partial charge in [-0.05, 0) is 37.2 Å². The first-order valence-corrected chi connectivity index (χ1v) is 7.74. The molecule has 0 heterocycles. The summed E-state index contributed by atoms with van der Waals surface area (Å²) in [5.74, 6) is 0.971. The summed E-state index contributed by atoms with van der Waals surface area (Å²) in [5.41, 5.74) is 2.41. The Labute approximate surface area is 128 Å². The first kappa shape index (κ1) is 15.6. The molecule has 0 saturated carbocycles. The lowest BCUT2D eigenvalue weighted by molar-refractivity contribution is 0.139. The van der Waals surface area contributed by atoms with Crippen LogP contribution >= 0.6 is 0 Å². The summed E-state index contributed by atoms with van der Waals surface area (Å²) in [6.07, 6.45) is 0.0622. The number of aryl methyl sites for hydroxylation is 1. The van der Waals surface area contributed by atoms with Crippen LogP contribution in [0.15, 0.2) is 54.6 Å². The summed E-state index contributed by atoms with van der Waals surface area (Å²) in [5, 5.41) is 0. The Hall–Kier alpha value is -1.80. The SMILES string of the molecule is CCN(CC)C[C@H](Oc1ccccc1C)c1ccccc1. The van der Waals surface area contributed by atoms with E-state index in [4.69, 9.17) is 4.74 Å². The average molecular weight is 283 g/mol. The van der Waals surface area contributed by atoms with Crippen LogP contribution in [0, 0.1) is 6.92 Å². The first-order valence-electron chi connectivity index (χ1n) is 7.74. The average Bonchev–Trinajstić information content (AvgIpc) is 2.54. The van der Waals surface area contributed by atoms with Gasteiger partial charge in [-0.25, -0.2) is 0 Å². The van der Waals surface area contributed by atoms with Gasteiger partial charge in [-0.2, -0.15) is 0 Å². The number of hydrogen-bond donors (Lipinski definition) is 0. The van der Waals surface area contributed by atoms with Gasteiger partial charge in [-0.1, -0.05) is 62.4 Å². The Kier molecular flexibility index (Phi) is 5.82. The Bertz CT molecular complexity index is 534. The molecule has 0 fully saturated rings. The zero-order valence-corrected chi connectivity index (χ0v) is 13.3. The van der Waals surface area contributed by atoms with Gasteiger partial charge < -0.3 is 4.74 Å². The maximum absolute atomic E-state index is 6.32. The lowest BCUT2D eigenvalue weighted by Gasteiger charge is -2.27. The Morgan fingerprint density at radius 1 is 0.905 bits per heavy atom. The molecule has 2 aromatic rings. The van der Waals surface area contributed by atoms with Crippen LogP contribution < -0.4 is 4.74 Å². The van der Waals surface area contributed by atoms with Crippen LogP contribution in [0.1, 0.15) is 31.1 Å². The van der Waals surface area contributed by atoms with Crippen LogP contribution in [0.3, 0.4) is 0 Å². The number of benzene rings is 2. The highest BCUT2D eigenvalue weighted by molar-refractivity contribution is 5.33. The van der Waals surface area contributed by atoms with Crippen LogP contribution in [0.2, 0.25) is 0 Å². The van der Waals surface area contributed by atoms with Gasteiger partial charge in [-0.3, -0.25) is 4.90 Å². The number of hydrogen-bond acceptors (Lipinski definition) is 2. The molecule has 0 unspecified atom stereocenters. The third kappa shape index (κ3) is 4.33. The van der Waals surface area contributed by atoms with E-state index in [0.29, 0.717) is 0 Å². The highest BCUT2D eigenvalue weighted by atomic mass is 16.5. The maximum Gasteiger partial charge on any atom is 0.136 e. The van der Waals surface area contributed by atoms with Crippen molar-refractivity contribution in [2.75, 3.05) is 19.6 Å². The molecule has 0 spiro atoms. The number of para-hydroxylation sites is 1. The Balaban J connectivity index is 2.22. The third-order valence-electron chi connectivity index (χ3n) is 3.85. The molecule has 0 bridgehead atoms. The lowest BCUT2D eigenvalue weighted by Crippen LogP contribution is -2.30. The van der Waals surface area contributed by atoms with Gasteiger partial charge in [0.05, 0.1) is 0 Å². The Morgan fingerprint density at radius 2 is 1.52 bits per heavy atom. The van der Waals surface area contributed by atoms with E-state index in [-0.39, 0.29) is 6.10 Å². The van der Waals surface area contributed by atoms with Crippen molar-refractivity contribution in [2.24, 2.45) is 0 Å². The van der Waals surface area contributed by atoms with Crippen LogP contribution in [-0.2, 0) is 0 Å². The summed E-state index contributed by atoms with van der Waals surface area (Å²) in [7, 11) is 0. The molecule has 112 valence electrons. The van der Waals surface area contributed by atoms with Gasteiger partial charge in [0, 0.05) is 6.54 Å². The molecule has 0 aliphatic rings. The fourth-order valence-corrected chi connectivity index (χ4v) is 2.44. The first-order chi connectivity index (χ1) is 10.2.